The van der Waals surface area contributed by atoms with Crippen LogP contribution in [0.5, 0.6) is 0 Å². The number of carbonyl (C=O) groups excluding carboxylic acids is 1. The van der Waals surface area contributed by atoms with Crippen molar-refractivity contribution in [2.75, 3.05) is 32.2 Å². The van der Waals surface area contributed by atoms with E-state index < -0.39 is 0 Å². The largest absolute Gasteiger partial charge is 0.381 e. The zero-order chi connectivity index (χ0) is 12.1. The van der Waals surface area contributed by atoms with E-state index in [1.165, 1.54) is 6.42 Å². The maximum atomic E-state index is 12.3. The third-order valence-corrected chi connectivity index (χ3v) is 4.14. The fourth-order valence-electron chi connectivity index (χ4n) is 2.86. The average Bonchev–Trinajstić information content (AvgIpc) is 2.40. The molecule has 0 aromatic rings. The zero-order valence-electron chi connectivity index (χ0n) is 10.4. The van der Waals surface area contributed by atoms with Crippen LogP contribution in [-0.4, -0.2) is 43.0 Å². The highest BCUT2D eigenvalue weighted by Crippen LogP contribution is 2.24. The number of alkyl halides is 1. The third-order valence-electron chi connectivity index (χ3n) is 3.92. The van der Waals surface area contributed by atoms with Crippen LogP contribution in [0.4, 0.5) is 0 Å². The van der Waals surface area contributed by atoms with Crippen LogP contribution >= 0.6 is 11.6 Å². The minimum absolute atomic E-state index is 0.207. The molecule has 2 rings (SSSR count). The van der Waals surface area contributed by atoms with Gasteiger partial charge in [0, 0.05) is 38.1 Å². The molecule has 2 heterocycles. The molecular weight excluding hydrogens is 238 g/mol. The Morgan fingerprint density at radius 3 is 2.76 bits per heavy atom. The van der Waals surface area contributed by atoms with Crippen molar-refractivity contribution < 1.29 is 9.53 Å². The molecule has 0 aromatic heterocycles. The lowest BCUT2D eigenvalue weighted by molar-refractivity contribution is -0.140. The second kappa shape index (κ2) is 6.60. The van der Waals surface area contributed by atoms with Crippen LogP contribution in [0.1, 0.15) is 32.1 Å². The number of hydrogen-bond acceptors (Lipinski definition) is 2. The van der Waals surface area contributed by atoms with E-state index in [1.54, 1.807) is 0 Å². The van der Waals surface area contributed by atoms with Gasteiger partial charge in [0.2, 0.25) is 5.91 Å². The lowest BCUT2D eigenvalue weighted by Gasteiger charge is -2.35. The van der Waals surface area contributed by atoms with E-state index in [1.807, 2.05) is 0 Å². The van der Waals surface area contributed by atoms with Gasteiger partial charge in [-0.25, -0.2) is 0 Å². The Bertz CT molecular complexity index is 252. The highest BCUT2D eigenvalue weighted by atomic mass is 35.5. The Balaban J connectivity index is 1.85. The number of nitrogens with zero attached hydrogens (tertiary/aromatic N) is 1. The maximum absolute atomic E-state index is 12.3. The molecule has 4 heteroatoms. The average molecular weight is 260 g/mol. The molecule has 0 bridgehead atoms. The van der Waals surface area contributed by atoms with E-state index in [2.05, 4.69) is 4.90 Å². The molecule has 0 N–H and O–H groups in total. The van der Waals surface area contributed by atoms with Crippen LogP contribution in [0.25, 0.3) is 0 Å². The molecule has 0 spiro atoms. The standard InChI is InChI=1S/C13H22ClNO2/c14-6-3-11-2-1-7-15(10-11)13(16)12-4-8-17-9-5-12/h11-12H,1-10H2. The van der Waals surface area contributed by atoms with Gasteiger partial charge in [-0.15, -0.1) is 11.6 Å². The van der Waals surface area contributed by atoms with Gasteiger partial charge in [-0.3, -0.25) is 4.79 Å². The van der Waals surface area contributed by atoms with Crippen LogP contribution in [0.15, 0.2) is 0 Å². The summed E-state index contributed by atoms with van der Waals surface area (Å²) in [5, 5.41) is 0. The molecule has 2 aliphatic rings. The molecule has 2 fully saturated rings. The summed E-state index contributed by atoms with van der Waals surface area (Å²) in [6.07, 6.45) is 5.20. The maximum Gasteiger partial charge on any atom is 0.225 e. The van der Waals surface area contributed by atoms with Crippen LogP contribution in [0.3, 0.4) is 0 Å². The van der Waals surface area contributed by atoms with Crippen LogP contribution in [-0.2, 0) is 9.53 Å². The molecule has 1 atom stereocenters. The summed E-state index contributed by atoms with van der Waals surface area (Å²) in [6.45, 7) is 3.35. The van der Waals surface area contributed by atoms with Gasteiger partial charge in [0.15, 0.2) is 0 Å². The number of amides is 1. The monoisotopic (exact) mass is 259 g/mol. The van der Waals surface area contributed by atoms with Gasteiger partial charge >= 0.3 is 0 Å². The van der Waals surface area contributed by atoms with Gasteiger partial charge in [-0.1, -0.05) is 0 Å². The predicted octanol–water partition coefficient (Wildman–Crippen LogP) is 2.28. The fourth-order valence-corrected chi connectivity index (χ4v) is 3.17. The Morgan fingerprint density at radius 2 is 2.06 bits per heavy atom. The summed E-state index contributed by atoms with van der Waals surface area (Å²) in [5.74, 6) is 1.89. The highest BCUT2D eigenvalue weighted by Gasteiger charge is 2.29. The zero-order valence-corrected chi connectivity index (χ0v) is 11.1. The van der Waals surface area contributed by atoms with Crippen molar-refractivity contribution >= 4 is 17.5 Å². The molecule has 2 aliphatic heterocycles. The summed E-state index contributed by atoms with van der Waals surface area (Å²) >= 11 is 5.79. The van der Waals surface area contributed by atoms with Crippen LogP contribution < -0.4 is 0 Å². The van der Waals surface area contributed by atoms with Crippen molar-refractivity contribution in [1.82, 2.24) is 4.90 Å². The Labute approximate surface area is 108 Å². The van der Waals surface area contributed by atoms with Gasteiger partial charge in [-0.2, -0.15) is 0 Å². The van der Waals surface area contributed by atoms with Crippen molar-refractivity contribution in [2.45, 2.75) is 32.1 Å². The minimum atomic E-state index is 0.207. The molecule has 98 valence electrons. The van der Waals surface area contributed by atoms with Crippen LogP contribution in [0.2, 0.25) is 0 Å². The molecule has 1 unspecified atom stereocenters. The number of likely N-dealkylation sites (tertiary alicyclic amines) is 1. The van der Waals surface area contributed by atoms with Gasteiger partial charge in [0.05, 0.1) is 0 Å². The SMILES string of the molecule is O=C(C1CCOCC1)N1CCCC(CCCl)C1. The lowest BCUT2D eigenvalue weighted by Crippen LogP contribution is -2.44. The Hall–Kier alpha value is -0.280. The first-order chi connectivity index (χ1) is 8.31. The molecule has 0 aliphatic carbocycles. The van der Waals surface area contributed by atoms with Crippen molar-refractivity contribution in [3.05, 3.63) is 0 Å². The van der Waals surface area contributed by atoms with E-state index >= 15 is 0 Å². The molecule has 0 radical (unpaired) electrons. The van der Waals surface area contributed by atoms with Gasteiger partial charge in [-0.05, 0) is 38.0 Å². The molecule has 3 nitrogen and oxygen atoms in total. The minimum Gasteiger partial charge on any atom is -0.381 e. The van der Waals surface area contributed by atoms with Crippen molar-refractivity contribution in [2.24, 2.45) is 11.8 Å². The highest BCUT2D eigenvalue weighted by molar-refractivity contribution is 6.17. The fraction of sp³-hybridized carbons (Fsp3) is 0.923. The number of hydrogen-bond donors (Lipinski definition) is 0. The smallest absolute Gasteiger partial charge is 0.225 e. The Kier molecular flexibility index (Phi) is 5.11. The normalized spacial score (nSPS) is 27.1. The molecular formula is C13H22ClNO2. The summed E-state index contributed by atoms with van der Waals surface area (Å²) < 4.78 is 5.31. The second-order valence-electron chi connectivity index (χ2n) is 5.16. The van der Waals surface area contributed by atoms with Gasteiger partial charge in [0.1, 0.15) is 0 Å². The van der Waals surface area contributed by atoms with Gasteiger partial charge in [0.25, 0.3) is 0 Å². The predicted molar refractivity (Wildman–Crippen MR) is 68.2 cm³/mol. The summed E-state index contributed by atoms with van der Waals surface area (Å²) in [5.41, 5.74) is 0. The van der Waals surface area contributed by atoms with E-state index in [0.29, 0.717) is 17.7 Å². The van der Waals surface area contributed by atoms with E-state index in [-0.39, 0.29) is 5.92 Å². The molecule has 0 saturated carbocycles. The number of ether oxygens (including phenoxy) is 1. The molecule has 1 amide bonds. The molecule has 2 saturated heterocycles. The van der Waals surface area contributed by atoms with E-state index in [4.69, 9.17) is 16.3 Å². The van der Waals surface area contributed by atoms with E-state index in [9.17, 15) is 4.79 Å². The number of rotatable bonds is 3. The van der Waals surface area contributed by atoms with Gasteiger partial charge < -0.3 is 9.64 Å². The summed E-state index contributed by atoms with van der Waals surface area (Å²) in [6, 6.07) is 0. The lowest BCUT2D eigenvalue weighted by atomic mass is 9.92. The first-order valence-corrected chi connectivity index (χ1v) is 7.27. The number of halogens is 1. The second-order valence-corrected chi connectivity index (χ2v) is 5.53. The number of carbonyl (C=O) groups is 1. The Morgan fingerprint density at radius 1 is 1.29 bits per heavy atom. The van der Waals surface area contributed by atoms with Crippen LogP contribution in [0, 0.1) is 11.8 Å². The molecule has 17 heavy (non-hydrogen) atoms. The first-order valence-electron chi connectivity index (χ1n) is 6.73. The summed E-state index contributed by atoms with van der Waals surface area (Å²) in [4.78, 5) is 14.4. The van der Waals surface area contributed by atoms with Crippen molar-refractivity contribution in [3.8, 4) is 0 Å². The van der Waals surface area contributed by atoms with Crippen molar-refractivity contribution in [1.29, 1.82) is 0 Å². The first kappa shape index (κ1) is 13.2. The quantitative estimate of drug-likeness (QED) is 0.728. The van der Waals surface area contributed by atoms with E-state index in [0.717, 1.165) is 52.0 Å². The number of piperidine rings is 1. The third kappa shape index (κ3) is 3.59. The topological polar surface area (TPSA) is 29.5 Å². The summed E-state index contributed by atoms with van der Waals surface area (Å²) in [7, 11) is 0. The molecule has 0 aromatic carbocycles. The van der Waals surface area contributed by atoms with Crippen molar-refractivity contribution in [3.63, 3.8) is 0 Å².